The van der Waals surface area contributed by atoms with E-state index in [-0.39, 0.29) is 23.4 Å². The van der Waals surface area contributed by atoms with Gasteiger partial charge in [0.1, 0.15) is 5.76 Å². The number of rotatable bonds is 4. The summed E-state index contributed by atoms with van der Waals surface area (Å²) < 4.78 is 5.31. The maximum Gasteiger partial charge on any atom is 0.336 e. The van der Waals surface area contributed by atoms with Crippen LogP contribution in [-0.2, 0) is 19.4 Å². The van der Waals surface area contributed by atoms with Gasteiger partial charge >= 0.3 is 5.97 Å². The van der Waals surface area contributed by atoms with Crippen LogP contribution in [0.25, 0.3) is 0 Å². The number of fused-ring (bicyclic) bond motifs is 1. The van der Waals surface area contributed by atoms with E-state index in [0.29, 0.717) is 11.3 Å². The van der Waals surface area contributed by atoms with Crippen LogP contribution in [0.5, 0.6) is 0 Å². The van der Waals surface area contributed by atoms with Gasteiger partial charge in [0.2, 0.25) is 0 Å². The number of benzene rings is 1. The van der Waals surface area contributed by atoms with Crippen molar-refractivity contribution in [3.63, 3.8) is 0 Å². The highest BCUT2D eigenvalue weighted by Crippen LogP contribution is 2.36. The molecule has 1 aliphatic rings. The van der Waals surface area contributed by atoms with E-state index < -0.39 is 5.97 Å². The van der Waals surface area contributed by atoms with Gasteiger partial charge in [0.05, 0.1) is 5.56 Å². The van der Waals surface area contributed by atoms with Gasteiger partial charge in [-0.1, -0.05) is 37.2 Å². The van der Waals surface area contributed by atoms with Crippen molar-refractivity contribution >= 4 is 11.9 Å². The molecule has 126 valence electrons. The molecular weight excluding hydrogens is 308 g/mol. The van der Waals surface area contributed by atoms with Crippen LogP contribution in [0.1, 0.15) is 58.0 Å². The minimum Gasteiger partial charge on any atom is -0.478 e. The van der Waals surface area contributed by atoms with Crippen molar-refractivity contribution in [2.45, 2.75) is 39.7 Å². The number of aryl methyl sites for hydroxylation is 1. The Hall–Kier alpha value is -2.63. The third kappa shape index (κ3) is 3.18. The van der Waals surface area contributed by atoms with E-state index in [1.807, 2.05) is 0 Å². The lowest BCUT2D eigenvalue weighted by atomic mass is 9.76. The summed E-state index contributed by atoms with van der Waals surface area (Å²) in [4.78, 5) is 23.7. The summed E-state index contributed by atoms with van der Waals surface area (Å²) in [5.74, 6) is -0.566. The number of aromatic nitrogens is 1. The largest absolute Gasteiger partial charge is 0.478 e. The predicted octanol–water partition coefficient (Wildman–Crippen LogP) is 2.82. The van der Waals surface area contributed by atoms with E-state index >= 15 is 0 Å². The highest BCUT2D eigenvalue weighted by Gasteiger charge is 2.32. The SMILES string of the molecule is CC1(C)CCc2onc(C(=O)NCc3ccccc3C(=O)O)c2C1. The van der Waals surface area contributed by atoms with E-state index in [9.17, 15) is 14.7 Å². The number of nitrogens with zero attached hydrogens (tertiary/aromatic N) is 1. The minimum atomic E-state index is -1.01. The van der Waals surface area contributed by atoms with Gasteiger partial charge in [-0.2, -0.15) is 0 Å². The predicted molar refractivity (Wildman–Crippen MR) is 86.9 cm³/mol. The number of carboxylic acids is 1. The molecule has 2 aromatic rings. The number of carboxylic acid groups (broad SMARTS) is 1. The molecule has 0 radical (unpaired) electrons. The van der Waals surface area contributed by atoms with Crippen molar-refractivity contribution in [3.8, 4) is 0 Å². The highest BCUT2D eigenvalue weighted by molar-refractivity contribution is 5.94. The lowest BCUT2D eigenvalue weighted by Gasteiger charge is -2.28. The summed E-state index contributed by atoms with van der Waals surface area (Å²) >= 11 is 0. The lowest BCUT2D eigenvalue weighted by molar-refractivity contribution is 0.0694. The second-order valence-electron chi connectivity index (χ2n) is 6.92. The highest BCUT2D eigenvalue weighted by atomic mass is 16.5. The van der Waals surface area contributed by atoms with Gasteiger partial charge in [-0.05, 0) is 29.9 Å². The van der Waals surface area contributed by atoms with Crippen LogP contribution in [0.15, 0.2) is 28.8 Å². The monoisotopic (exact) mass is 328 g/mol. The third-order valence-corrected chi connectivity index (χ3v) is 4.46. The Labute approximate surface area is 139 Å². The first kappa shape index (κ1) is 16.2. The molecule has 0 aliphatic heterocycles. The third-order valence-electron chi connectivity index (χ3n) is 4.46. The van der Waals surface area contributed by atoms with E-state index in [1.54, 1.807) is 18.2 Å². The molecule has 24 heavy (non-hydrogen) atoms. The summed E-state index contributed by atoms with van der Waals surface area (Å²) in [5.41, 5.74) is 2.03. The zero-order valence-electron chi connectivity index (χ0n) is 13.8. The first-order valence-corrected chi connectivity index (χ1v) is 7.94. The molecule has 1 aromatic heterocycles. The zero-order chi connectivity index (χ0) is 17.3. The topological polar surface area (TPSA) is 92.4 Å². The summed E-state index contributed by atoms with van der Waals surface area (Å²) in [6, 6.07) is 6.61. The molecule has 1 heterocycles. The molecule has 1 aliphatic carbocycles. The first-order valence-electron chi connectivity index (χ1n) is 7.94. The van der Waals surface area contributed by atoms with Gasteiger partial charge in [-0.25, -0.2) is 4.79 Å². The summed E-state index contributed by atoms with van der Waals surface area (Å²) in [6.45, 7) is 4.45. The molecule has 3 rings (SSSR count). The molecule has 0 fully saturated rings. The second-order valence-corrected chi connectivity index (χ2v) is 6.92. The number of hydrogen-bond acceptors (Lipinski definition) is 4. The standard InChI is InChI=1S/C18H20N2O4/c1-18(2)8-7-14-13(9-18)15(20-24-14)16(21)19-10-11-5-3-4-6-12(11)17(22)23/h3-6H,7-10H2,1-2H3,(H,19,21)(H,22,23). The molecule has 0 bridgehead atoms. The minimum absolute atomic E-state index is 0.115. The Bertz CT molecular complexity index is 792. The smallest absolute Gasteiger partial charge is 0.336 e. The number of hydrogen-bond donors (Lipinski definition) is 2. The molecule has 1 amide bonds. The maximum absolute atomic E-state index is 12.5. The van der Waals surface area contributed by atoms with Gasteiger partial charge in [0.25, 0.3) is 5.91 Å². The molecule has 6 nitrogen and oxygen atoms in total. The molecule has 2 N–H and O–H groups in total. The Morgan fingerprint density at radius 3 is 2.83 bits per heavy atom. The van der Waals surface area contributed by atoms with Crippen LogP contribution in [0.4, 0.5) is 0 Å². The van der Waals surface area contributed by atoms with Crippen molar-refractivity contribution in [3.05, 3.63) is 52.4 Å². The van der Waals surface area contributed by atoms with Crippen molar-refractivity contribution in [1.82, 2.24) is 10.5 Å². The van der Waals surface area contributed by atoms with E-state index in [2.05, 4.69) is 24.3 Å². The molecule has 0 spiro atoms. The Kier molecular flexibility index (Phi) is 4.13. The van der Waals surface area contributed by atoms with Crippen molar-refractivity contribution in [2.24, 2.45) is 5.41 Å². The summed E-state index contributed by atoms with van der Waals surface area (Å²) in [5, 5.41) is 15.9. The van der Waals surface area contributed by atoms with Crippen LogP contribution in [0.3, 0.4) is 0 Å². The second kappa shape index (κ2) is 6.11. The molecular formula is C18H20N2O4. The van der Waals surface area contributed by atoms with Crippen molar-refractivity contribution < 1.29 is 19.2 Å². The number of amides is 1. The van der Waals surface area contributed by atoms with Gasteiger partial charge < -0.3 is 14.9 Å². The summed E-state index contributed by atoms with van der Waals surface area (Å²) in [6.07, 6.45) is 2.53. The fourth-order valence-electron chi connectivity index (χ4n) is 3.06. The van der Waals surface area contributed by atoms with Gasteiger partial charge in [-0.3, -0.25) is 4.79 Å². The number of nitrogens with one attached hydrogen (secondary N) is 1. The Balaban J connectivity index is 1.76. The molecule has 6 heteroatoms. The number of carbonyl (C=O) groups is 2. The maximum atomic E-state index is 12.5. The van der Waals surface area contributed by atoms with E-state index in [1.165, 1.54) is 6.07 Å². The average Bonchev–Trinajstić information content (AvgIpc) is 2.94. The molecule has 0 unspecified atom stereocenters. The molecule has 0 atom stereocenters. The Morgan fingerprint density at radius 1 is 1.33 bits per heavy atom. The quantitative estimate of drug-likeness (QED) is 0.900. The number of aromatic carboxylic acids is 1. The average molecular weight is 328 g/mol. The van der Waals surface area contributed by atoms with Gasteiger partial charge in [-0.15, -0.1) is 0 Å². The molecule has 0 saturated carbocycles. The van der Waals surface area contributed by atoms with Crippen LogP contribution < -0.4 is 5.32 Å². The normalized spacial score (nSPS) is 15.6. The van der Waals surface area contributed by atoms with Crippen LogP contribution in [0, 0.1) is 5.41 Å². The van der Waals surface area contributed by atoms with E-state index in [4.69, 9.17) is 4.52 Å². The number of carbonyl (C=O) groups excluding carboxylic acids is 1. The van der Waals surface area contributed by atoms with Gasteiger partial charge in [0, 0.05) is 18.5 Å². The zero-order valence-corrected chi connectivity index (χ0v) is 13.8. The van der Waals surface area contributed by atoms with Crippen LogP contribution >= 0.6 is 0 Å². The fraction of sp³-hybridized carbons (Fsp3) is 0.389. The summed E-state index contributed by atoms with van der Waals surface area (Å²) in [7, 11) is 0. The van der Waals surface area contributed by atoms with Gasteiger partial charge in [0.15, 0.2) is 5.69 Å². The lowest BCUT2D eigenvalue weighted by Crippen LogP contribution is -2.28. The Morgan fingerprint density at radius 2 is 2.08 bits per heavy atom. The van der Waals surface area contributed by atoms with Crippen LogP contribution in [0.2, 0.25) is 0 Å². The van der Waals surface area contributed by atoms with Crippen LogP contribution in [-0.4, -0.2) is 22.1 Å². The molecule has 0 saturated heterocycles. The molecule has 1 aromatic carbocycles. The van der Waals surface area contributed by atoms with Crippen molar-refractivity contribution in [1.29, 1.82) is 0 Å². The van der Waals surface area contributed by atoms with Crippen molar-refractivity contribution in [2.75, 3.05) is 0 Å². The fourth-order valence-corrected chi connectivity index (χ4v) is 3.06. The van der Waals surface area contributed by atoms with E-state index in [0.717, 1.165) is 30.6 Å². The first-order chi connectivity index (χ1) is 11.4.